The second kappa shape index (κ2) is 8.04. The molecule has 4 nitrogen and oxygen atoms in total. The van der Waals surface area contributed by atoms with Crippen LogP contribution in [-0.2, 0) is 21.0 Å². The molecule has 4 N–H and O–H groups in total. The van der Waals surface area contributed by atoms with Crippen LogP contribution >= 0.6 is 0 Å². The second-order valence-corrected chi connectivity index (χ2v) is 13.8. The molecule has 0 radical (unpaired) electrons. The van der Waals surface area contributed by atoms with Gasteiger partial charge in [-0.15, -0.1) is 0 Å². The van der Waals surface area contributed by atoms with Crippen molar-refractivity contribution in [2.24, 2.45) is 17.6 Å². The highest BCUT2D eigenvalue weighted by Gasteiger charge is 2.48. The summed E-state index contributed by atoms with van der Waals surface area (Å²) < 4.78 is 0. The van der Waals surface area contributed by atoms with E-state index >= 15 is 0 Å². The standard InChI is InChI=1S/C28H48N2O2/c1-17(18-15-26(8,9)30-27(10,11)16-18)28(12,23(29)32)19-13-20(24(2,3)4)22(31)21(14-19)25(5,6)7/h13-14,17-18,30-31H,15-16H2,1-12H3,(H2,29,32). The first kappa shape index (κ1) is 26.7. The Hall–Kier alpha value is -1.55. The van der Waals surface area contributed by atoms with Crippen molar-refractivity contribution in [3.8, 4) is 5.75 Å². The topological polar surface area (TPSA) is 75.3 Å². The number of nitrogens with one attached hydrogen (secondary N) is 1. The van der Waals surface area contributed by atoms with Gasteiger partial charge < -0.3 is 16.2 Å². The molecule has 0 aliphatic carbocycles. The van der Waals surface area contributed by atoms with Crippen LogP contribution in [0.1, 0.15) is 113 Å². The zero-order valence-corrected chi connectivity index (χ0v) is 22.7. The van der Waals surface area contributed by atoms with Gasteiger partial charge in [-0.1, -0.05) is 60.6 Å². The molecule has 2 unspecified atom stereocenters. The summed E-state index contributed by atoms with van der Waals surface area (Å²) in [6.07, 6.45) is 1.97. The Morgan fingerprint density at radius 1 is 0.969 bits per heavy atom. The van der Waals surface area contributed by atoms with E-state index in [2.05, 4.69) is 81.5 Å². The molecule has 0 aromatic heterocycles. The number of nitrogens with two attached hydrogens (primary N) is 1. The third-order valence-corrected chi connectivity index (χ3v) is 7.68. The number of piperidine rings is 1. The molecule has 1 amide bonds. The Morgan fingerprint density at radius 3 is 1.66 bits per heavy atom. The Morgan fingerprint density at radius 2 is 1.34 bits per heavy atom. The van der Waals surface area contributed by atoms with Gasteiger partial charge in [-0.05, 0) is 86.8 Å². The van der Waals surface area contributed by atoms with E-state index in [1.165, 1.54) is 0 Å². The lowest BCUT2D eigenvalue weighted by Gasteiger charge is -2.51. The Labute approximate surface area is 196 Å². The number of carbonyl (C=O) groups excluding carboxylic acids is 1. The van der Waals surface area contributed by atoms with Gasteiger partial charge in [0.15, 0.2) is 0 Å². The van der Waals surface area contributed by atoms with Crippen molar-refractivity contribution in [3.63, 3.8) is 0 Å². The van der Waals surface area contributed by atoms with Crippen molar-refractivity contribution in [2.75, 3.05) is 0 Å². The maximum atomic E-state index is 13.2. The quantitative estimate of drug-likeness (QED) is 0.539. The molecule has 1 fully saturated rings. The van der Waals surface area contributed by atoms with Gasteiger partial charge in [0.25, 0.3) is 0 Å². The van der Waals surface area contributed by atoms with Crippen LogP contribution in [0.3, 0.4) is 0 Å². The molecule has 1 aromatic carbocycles. The lowest BCUT2D eigenvalue weighted by molar-refractivity contribution is -0.126. The number of amides is 1. The Bertz CT molecular complexity index is 819. The largest absolute Gasteiger partial charge is 0.507 e. The first-order valence-corrected chi connectivity index (χ1v) is 12.1. The van der Waals surface area contributed by atoms with E-state index in [4.69, 9.17) is 5.73 Å². The van der Waals surface area contributed by atoms with Crippen LogP contribution in [0.25, 0.3) is 0 Å². The van der Waals surface area contributed by atoms with Gasteiger partial charge in [0.1, 0.15) is 5.75 Å². The van der Waals surface area contributed by atoms with E-state index in [1.54, 1.807) is 0 Å². The van der Waals surface area contributed by atoms with Gasteiger partial charge in [-0.2, -0.15) is 0 Å². The lowest BCUT2D eigenvalue weighted by atomic mass is 9.60. The molecule has 2 atom stereocenters. The van der Waals surface area contributed by atoms with Gasteiger partial charge >= 0.3 is 0 Å². The molecule has 1 aromatic rings. The van der Waals surface area contributed by atoms with Gasteiger partial charge in [-0.3, -0.25) is 4.79 Å². The van der Waals surface area contributed by atoms with Crippen molar-refractivity contribution >= 4 is 5.91 Å². The number of hydrogen-bond donors (Lipinski definition) is 3. The van der Waals surface area contributed by atoms with Crippen molar-refractivity contribution < 1.29 is 9.90 Å². The summed E-state index contributed by atoms with van der Waals surface area (Å²) in [4.78, 5) is 13.2. The molecule has 0 bridgehead atoms. The smallest absolute Gasteiger partial charge is 0.228 e. The monoisotopic (exact) mass is 444 g/mol. The number of rotatable bonds is 4. The highest BCUT2D eigenvalue weighted by molar-refractivity contribution is 5.87. The van der Waals surface area contributed by atoms with Crippen LogP contribution in [0.15, 0.2) is 12.1 Å². The molecule has 1 aliphatic heterocycles. The number of aromatic hydroxyl groups is 1. The molecule has 0 spiro atoms. The normalized spacial score (nSPS) is 22.2. The summed E-state index contributed by atoms with van der Waals surface area (Å²) in [5, 5.41) is 14.9. The molecule has 182 valence electrons. The third kappa shape index (κ3) is 5.16. The molecular formula is C28H48N2O2. The zero-order valence-electron chi connectivity index (χ0n) is 22.7. The van der Waals surface area contributed by atoms with Crippen LogP contribution in [0.2, 0.25) is 0 Å². The zero-order chi connectivity index (χ0) is 25.1. The predicted octanol–water partition coefficient (Wildman–Crippen LogP) is 5.92. The fraction of sp³-hybridized carbons (Fsp3) is 0.750. The fourth-order valence-electron chi connectivity index (χ4n) is 5.93. The maximum Gasteiger partial charge on any atom is 0.228 e. The Balaban J connectivity index is 2.74. The van der Waals surface area contributed by atoms with E-state index in [0.29, 0.717) is 11.7 Å². The summed E-state index contributed by atoms with van der Waals surface area (Å²) in [5.41, 5.74) is 7.44. The van der Waals surface area contributed by atoms with Gasteiger partial charge in [0, 0.05) is 11.1 Å². The minimum atomic E-state index is -0.845. The minimum Gasteiger partial charge on any atom is -0.507 e. The van der Waals surface area contributed by atoms with E-state index in [1.807, 2.05) is 19.1 Å². The lowest BCUT2D eigenvalue weighted by Crippen LogP contribution is -2.60. The molecule has 0 saturated carbocycles. The number of phenolic OH excluding ortho intramolecular Hbond substituents is 1. The SMILES string of the molecule is CC(C1CC(C)(C)NC(C)(C)C1)C(C)(C(N)=O)c1cc(C(C)(C)C)c(O)c(C(C)(C)C)c1. The molecule has 4 heteroatoms. The summed E-state index contributed by atoms with van der Waals surface area (Å²) in [5.74, 6) is 0.413. The average molecular weight is 445 g/mol. The fourth-order valence-corrected chi connectivity index (χ4v) is 5.93. The number of benzene rings is 1. The molecule has 1 heterocycles. The summed E-state index contributed by atoms with van der Waals surface area (Å²) >= 11 is 0. The minimum absolute atomic E-state index is 0.0126. The summed E-state index contributed by atoms with van der Waals surface area (Å²) in [7, 11) is 0. The van der Waals surface area contributed by atoms with Gasteiger partial charge in [0.05, 0.1) is 5.41 Å². The molecule has 2 rings (SSSR count). The van der Waals surface area contributed by atoms with Crippen LogP contribution in [0.4, 0.5) is 0 Å². The van der Waals surface area contributed by atoms with E-state index in [-0.39, 0.29) is 33.7 Å². The third-order valence-electron chi connectivity index (χ3n) is 7.68. The number of hydrogen-bond acceptors (Lipinski definition) is 3. The van der Waals surface area contributed by atoms with Crippen molar-refractivity contribution in [1.29, 1.82) is 0 Å². The average Bonchev–Trinajstić information content (AvgIpc) is 2.55. The first-order chi connectivity index (χ1) is 14.1. The van der Waals surface area contributed by atoms with Crippen molar-refractivity contribution in [1.82, 2.24) is 5.32 Å². The highest BCUT2D eigenvalue weighted by Crippen LogP contribution is 2.48. The number of primary amides is 1. The molecule has 1 saturated heterocycles. The molecule has 1 aliphatic rings. The van der Waals surface area contributed by atoms with Crippen LogP contribution < -0.4 is 11.1 Å². The predicted molar refractivity (Wildman–Crippen MR) is 135 cm³/mol. The van der Waals surface area contributed by atoms with Crippen molar-refractivity contribution in [3.05, 3.63) is 28.8 Å². The highest BCUT2D eigenvalue weighted by atomic mass is 16.3. The van der Waals surface area contributed by atoms with E-state index < -0.39 is 5.41 Å². The first-order valence-electron chi connectivity index (χ1n) is 12.1. The van der Waals surface area contributed by atoms with Crippen LogP contribution in [0, 0.1) is 11.8 Å². The molecule has 32 heavy (non-hydrogen) atoms. The maximum absolute atomic E-state index is 13.2. The summed E-state index contributed by atoms with van der Waals surface area (Å²) in [6, 6.07) is 4.06. The van der Waals surface area contributed by atoms with Crippen LogP contribution in [-0.4, -0.2) is 22.1 Å². The van der Waals surface area contributed by atoms with Gasteiger partial charge in [-0.25, -0.2) is 0 Å². The van der Waals surface area contributed by atoms with E-state index in [9.17, 15) is 9.90 Å². The second-order valence-electron chi connectivity index (χ2n) is 13.8. The van der Waals surface area contributed by atoms with Crippen LogP contribution in [0.5, 0.6) is 5.75 Å². The Kier molecular flexibility index (Phi) is 6.71. The molecular weight excluding hydrogens is 396 g/mol. The van der Waals surface area contributed by atoms with E-state index in [0.717, 1.165) is 29.5 Å². The summed E-state index contributed by atoms with van der Waals surface area (Å²) in [6.45, 7) is 25.8. The number of phenols is 1. The van der Waals surface area contributed by atoms with Crippen molar-refractivity contribution in [2.45, 2.75) is 123 Å². The van der Waals surface area contributed by atoms with Gasteiger partial charge in [0.2, 0.25) is 5.91 Å². The number of carbonyl (C=O) groups is 1.